The minimum atomic E-state index is -1.22. The lowest BCUT2D eigenvalue weighted by Gasteiger charge is -2.05. The first-order valence-electron chi connectivity index (χ1n) is 4.30. The zero-order chi connectivity index (χ0) is 12.6. The van der Waals surface area contributed by atoms with E-state index in [0.717, 1.165) is 10.7 Å². The lowest BCUT2D eigenvalue weighted by atomic mass is 10.4. The summed E-state index contributed by atoms with van der Waals surface area (Å²) in [6.07, 6.45) is 1.18. The minimum absolute atomic E-state index is 0.0743. The topological polar surface area (TPSA) is 68.0 Å². The average Bonchev–Trinajstić information content (AvgIpc) is 2.64. The summed E-state index contributed by atoms with van der Waals surface area (Å²) in [5.41, 5.74) is -0.170. The number of hydrogen-bond acceptors (Lipinski definition) is 3. The summed E-state index contributed by atoms with van der Waals surface area (Å²) in [7, 11) is 0. The van der Waals surface area contributed by atoms with Gasteiger partial charge in [0.2, 0.25) is 0 Å². The van der Waals surface area contributed by atoms with Crippen LogP contribution in [0.4, 0.5) is 4.39 Å². The van der Waals surface area contributed by atoms with Crippen molar-refractivity contribution in [2.24, 2.45) is 0 Å². The van der Waals surface area contributed by atoms with Crippen molar-refractivity contribution in [3.05, 3.63) is 39.5 Å². The number of rotatable bonds is 2. The third-order valence-electron chi connectivity index (χ3n) is 1.92. The van der Waals surface area contributed by atoms with E-state index in [1.165, 1.54) is 12.3 Å². The Bertz CT molecular complexity index is 602. The van der Waals surface area contributed by atoms with Crippen LogP contribution in [0.25, 0.3) is 5.82 Å². The summed E-state index contributed by atoms with van der Waals surface area (Å²) in [4.78, 5) is 14.8. The van der Waals surface area contributed by atoms with Gasteiger partial charge in [0.1, 0.15) is 15.4 Å². The molecule has 0 aliphatic rings. The van der Waals surface area contributed by atoms with Crippen LogP contribution < -0.4 is 0 Å². The van der Waals surface area contributed by atoms with Crippen molar-refractivity contribution < 1.29 is 14.3 Å². The number of carbonyl (C=O) groups is 1. The van der Waals surface area contributed by atoms with Crippen LogP contribution in [0.3, 0.4) is 0 Å². The summed E-state index contributed by atoms with van der Waals surface area (Å²) in [5, 5.41) is 12.5. The van der Waals surface area contributed by atoms with Gasteiger partial charge >= 0.3 is 5.97 Å². The molecule has 0 aromatic carbocycles. The molecular weight excluding hydrogens is 316 g/mol. The monoisotopic (exact) mass is 319 g/mol. The van der Waals surface area contributed by atoms with Crippen LogP contribution in [0.5, 0.6) is 0 Å². The highest BCUT2D eigenvalue weighted by atomic mass is 79.9. The summed E-state index contributed by atoms with van der Waals surface area (Å²) in [5.74, 6) is -1.99. The Balaban J connectivity index is 2.68. The van der Waals surface area contributed by atoms with Gasteiger partial charge in [0, 0.05) is 12.3 Å². The van der Waals surface area contributed by atoms with Crippen LogP contribution in [-0.2, 0) is 0 Å². The first-order valence-corrected chi connectivity index (χ1v) is 5.47. The number of carboxylic acids is 1. The van der Waals surface area contributed by atoms with E-state index in [0.29, 0.717) is 0 Å². The van der Waals surface area contributed by atoms with E-state index in [-0.39, 0.29) is 21.1 Å². The normalized spacial score (nSPS) is 10.5. The van der Waals surface area contributed by atoms with Crippen molar-refractivity contribution in [2.45, 2.75) is 0 Å². The fourth-order valence-electron chi connectivity index (χ4n) is 1.22. The molecule has 0 aliphatic heterocycles. The van der Waals surface area contributed by atoms with E-state index in [4.69, 9.17) is 16.7 Å². The summed E-state index contributed by atoms with van der Waals surface area (Å²) in [6, 6.07) is 2.34. The maximum absolute atomic E-state index is 13.2. The number of aromatic nitrogens is 3. The molecule has 2 rings (SSSR count). The van der Waals surface area contributed by atoms with Crippen molar-refractivity contribution in [3.63, 3.8) is 0 Å². The fourth-order valence-corrected chi connectivity index (χ4v) is 1.79. The Morgan fingerprint density at radius 2 is 2.29 bits per heavy atom. The molecule has 5 nitrogen and oxygen atoms in total. The van der Waals surface area contributed by atoms with Crippen LogP contribution in [0.2, 0.25) is 5.02 Å². The summed E-state index contributed by atoms with van der Waals surface area (Å²) in [6.45, 7) is 0. The molecule has 0 atom stereocenters. The molecule has 0 unspecified atom stereocenters. The molecule has 2 aromatic heterocycles. The second kappa shape index (κ2) is 4.42. The Morgan fingerprint density at radius 1 is 1.59 bits per heavy atom. The number of pyridine rings is 1. The molecule has 0 saturated carbocycles. The van der Waals surface area contributed by atoms with Gasteiger partial charge in [-0.05, 0) is 22.0 Å². The molecule has 17 heavy (non-hydrogen) atoms. The highest BCUT2D eigenvalue weighted by Crippen LogP contribution is 2.23. The quantitative estimate of drug-likeness (QED) is 0.923. The van der Waals surface area contributed by atoms with Crippen molar-refractivity contribution in [3.8, 4) is 5.82 Å². The van der Waals surface area contributed by atoms with E-state index in [1.54, 1.807) is 0 Å². The highest BCUT2D eigenvalue weighted by molar-refractivity contribution is 9.10. The van der Waals surface area contributed by atoms with E-state index in [9.17, 15) is 9.18 Å². The van der Waals surface area contributed by atoms with Crippen molar-refractivity contribution in [1.82, 2.24) is 14.8 Å². The third-order valence-corrected chi connectivity index (χ3v) is 2.66. The molecule has 88 valence electrons. The van der Waals surface area contributed by atoms with Gasteiger partial charge in [-0.15, -0.1) is 0 Å². The predicted molar refractivity (Wildman–Crippen MR) is 61.0 cm³/mol. The minimum Gasteiger partial charge on any atom is -0.477 e. The largest absolute Gasteiger partial charge is 0.477 e. The molecule has 1 N–H and O–H groups in total. The lowest BCUT2D eigenvalue weighted by Crippen LogP contribution is -2.10. The van der Waals surface area contributed by atoms with E-state index < -0.39 is 11.8 Å². The standard InChI is InChI=1S/C9H4BrClFN3O2/c10-6-3-5(9(16)17)15(14-6)8-7(11)4(12)1-2-13-8/h1-3H,(H,16,17). The van der Waals surface area contributed by atoms with Gasteiger partial charge in [0.25, 0.3) is 0 Å². The van der Waals surface area contributed by atoms with Crippen LogP contribution in [-0.4, -0.2) is 25.8 Å². The first kappa shape index (κ1) is 12.0. The molecule has 0 bridgehead atoms. The Labute approximate surface area is 108 Å². The molecule has 2 heterocycles. The number of hydrogen-bond donors (Lipinski definition) is 1. The second-order valence-electron chi connectivity index (χ2n) is 3.00. The molecule has 0 radical (unpaired) electrons. The first-order chi connectivity index (χ1) is 8.00. The number of aromatic carboxylic acids is 1. The fraction of sp³-hybridized carbons (Fsp3) is 0. The van der Waals surface area contributed by atoms with Gasteiger partial charge in [-0.25, -0.2) is 18.9 Å². The van der Waals surface area contributed by atoms with Gasteiger partial charge in [-0.3, -0.25) is 0 Å². The summed E-state index contributed by atoms with van der Waals surface area (Å²) >= 11 is 8.74. The number of halogens is 3. The maximum atomic E-state index is 13.2. The van der Waals surface area contributed by atoms with Crippen molar-refractivity contribution in [1.29, 1.82) is 0 Å². The second-order valence-corrected chi connectivity index (χ2v) is 4.19. The van der Waals surface area contributed by atoms with E-state index in [1.807, 2.05) is 0 Å². The maximum Gasteiger partial charge on any atom is 0.354 e. The molecule has 2 aromatic rings. The number of carboxylic acid groups (broad SMARTS) is 1. The van der Waals surface area contributed by atoms with Gasteiger partial charge in [-0.2, -0.15) is 5.10 Å². The van der Waals surface area contributed by atoms with Crippen LogP contribution in [0.15, 0.2) is 22.9 Å². The van der Waals surface area contributed by atoms with Gasteiger partial charge < -0.3 is 5.11 Å². The predicted octanol–water partition coefficient (Wildman–Crippen LogP) is 2.52. The van der Waals surface area contributed by atoms with Gasteiger partial charge in [0.05, 0.1) is 0 Å². The van der Waals surface area contributed by atoms with Gasteiger partial charge in [-0.1, -0.05) is 11.6 Å². The molecule has 0 spiro atoms. The molecular formula is C9H4BrClFN3O2. The average molecular weight is 321 g/mol. The molecule has 0 saturated heterocycles. The van der Waals surface area contributed by atoms with Crippen LogP contribution in [0, 0.1) is 5.82 Å². The van der Waals surface area contributed by atoms with Crippen molar-refractivity contribution in [2.75, 3.05) is 0 Å². The SMILES string of the molecule is O=C(O)c1cc(Br)nn1-c1nccc(F)c1Cl. The molecule has 0 amide bonds. The lowest BCUT2D eigenvalue weighted by molar-refractivity contribution is 0.0686. The smallest absolute Gasteiger partial charge is 0.354 e. The Hall–Kier alpha value is -1.47. The van der Waals surface area contributed by atoms with E-state index >= 15 is 0 Å². The zero-order valence-electron chi connectivity index (χ0n) is 8.06. The third kappa shape index (κ3) is 2.16. The zero-order valence-corrected chi connectivity index (χ0v) is 10.4. The van der Waals surface area contributed by atoms with Crippen LogP contribution in [0.1, 0.15) is 10.5 Å². The molecule has 0 aliphatic carbocycles. The molecule has 0 fully saturated rings. The van der Waals surface area contributed by atoms with Gasteiger partial charge in [0.15, 0.2) is 11.5 Å². The van der Waals surface area contributed by atoms with E-state index in [2.05, 4.69) is 26.0 Å². The number of nitrogens with zero attached hydrogens (tertiary/aromatic N) is 3. The Morgan fingerprint density at radius 3 is 2.94 bits per heavy atom. The van der Waals surface area contributed by atoms with Crippen molar-refractivity contribution >= 4 is 33.5 Å². The Kier molecular flexibility index (Phi) is 3.12. The van der Waals surface area contributed by atoms with Crippen LogP contribution >= 0.6 is 27.5 Å². The highest BCUT2D eigenvalue weighted by Gasteiger charge is 2.19. The summed E-state index contributed by atoms with van der Waals surface area (Å²) < 4.78 is 14.5. The molecule has 8 heteroatoms.